The van der Waals surface area contributed by atoms with Gasteiger partial charge in [0.2, 0.25) is 0 Å². The molecule has 0 aromatic heterocycles. The first-order valence-electron chi connectivity index (χ1n) is 11.7. The molecule has 6 nitrogen and oxygen atoms in total. The molecule has 8 heteroatoms. The van der Waals surface area contributed by atoms with Gasteiger partial charge in [-0.15, -0.1) is 0 Å². The molecule has 0 saturated carbocycles. The Morgan fingerprint density at radius 3 is 2.22 bits per heavy atom. The van der Waals surface area contributed by atoms with E-state index in [2.05, 4.69) is 26.0 Å². The number of aryl methyl sites for hydroxylation is 2. The molecule has 37 heavy (non-hydrogen) atoms. The lowest BCUT2D eigenvalue weighted by atomic mass is 10.1. The van der Waals surface area contributed by atoms with Crippen LogP contribution in [0.2, 0.25) is 0 Å². The van der Waals surface area contributed by atoms with Crippen molar-refractivity contribution in [1.82, 2.24) is 0 Å². The van der Waals surface area contributed by atoms with E-state index in [-0.39, 0.29) is 10.8 Å². The molecule has 0 bridgehead atoms. The molecule has 4 aromatic rings. The van der Waals surface area contributed by atoms with Crippen molar-refractivity contribution in [3.05, 3.63) is 118 Å². The van der Waals surface area contributed by atoms with Crippen molar-refractivity contribution in [2.75, 3.05) is 16.6 Å². The molecular weight excluding hydrogens is 552 g/mol. The van der Waals surface area contributed by atoms with Gasteiger partial charge in [0.1, 0.15) is 5.75 Å². The molecule has 190 valence electrons. The van der Waals surface area contributed by atoms with Crippen LogP contribution < -0.4 is 14.8 Å². The topological polar surface area (TPSA) is 84.5 Å². The number of nitrogens with one attached hydrogen (secondary N) is 2. The Kier molecular flexibility index (Phi) is 8.31. The third kappa shape index (κ3) is 6.78. The van der Waals surface area contributed by atoms with E-state index in [9.17, 15) is 13.2 Å². The third-order valence-corrected chi connectivity index (χ3v) is 7.68. The van der Waals surface area contributed by atoms with Crippen molar-refractivity contribution in [1.29, 1.82) is 0 Å². The van der Waals surface area contributed by atoms with Crippen LogP contribution >= 0.6 is 15.9 Å². The van der Waals surface area contributed by atoms with Crippen molar-refractivity contribution in [2.24, 2.45) is 0 Å². The van der Waals surface area contributed by atoms with Gasteiger partial charge in [0, 0.05) is 16.6 Å². The molecule has 4 rings (SSSR count). The standard InChI is InChI=1S/C29H27BrN2O4S/c1-20-7-6-8-21(2)28(20)32-37(34,35)25-14-12-24(13-15-25)31-29(33)26-19-23(30)11-16-27(26)36-18-17-22-9-4-3-5-10-22/h3-16,19,32H,17-18H2,1-2H3,(H,31,33). The summed E-state index contributed by atoms with van der Waals surface area (Å²) in [5, 5.41) is 2.83. The molecule has 2 N–H and O–H groups in total. The molecule has 0 saturated heterocycles. The van der Waals surface area contributed by atoms with Crippen molar-refractivity contribution in [3.63, 3.8) is 0 Å². The zero-order valence-electron chi connectivity index (χ0n) is 20.5. The molecule has 0 radical (unpaired) electrons. The van der Waals surface area contributed by atoms with E-state index < -0.39 is 10.0 Å². The Hall–Kier alpha value is -3.62. The molecule has 1 amide bonds. The van der Waals surface area contributed by atoms with E-state index in [0.717, 1.165) is 21.2 Å². The summed E-state index contributed by atoms with van der Waals surface area (Å²) in [4.78, 5) is 13.2. The Bertz CT molecular complexity index is 1480. The first-order chi connectivity index (χ1) is 17.7. The molecular formula is C29H27BrN2O4S. The minimum Gasteiger partial charge on any atom is -0.492 e. The maximum absolute atomic E-state index is 13.1. The Balaban J connectivity index is 1.45. The van der Waals surface area contributed by atoms with E-state index in [1.54, 1.807) is 24.3 Å². The highest BCUT2D eigenvalue weighted by Crippen LogP contribution is 2.26. The number of carbonyl (C=O) groups excluding carboxylic acids is 1. The molecule has 0 aliphatic heterocycles. The van der Waals surface area contributed by atoms with E-state index in [0.29, 0.717) is 35.7 Å². The van der Waals surface area contributed by atoms with Crippen LogP contribution in [-0.2, 0) is 16.4 Å². The predicted molar refractivity (Wildman–Crippen MR) is 151 cm³/mol. The van der Waals surface area contributed by atoms with E-state index in [1.807, 2.05) is 68.4 Å². The maximum Gasteiger partial charge on any atom is 0.261 e. The van der Waals surface area contributed by atoms with Gasteiger partial charge >= 0.3 is 0 Å². The molecule has 0 unspecified atom stereocenters. The third-order valence-electron chi connectivity index (χ3n) is 5.82. The summed E-state index contributed by atoms with van der Waals surface area (Å²) in [6.07, 6.45) is 0.712. The number of rotatable bonds is 9. The zero-order chi connectivity index (χ0) is 26.4. The lowest BCUT2D eigenvalue weighted by Crippen LogP contribution is -2.16. The minimum atomic E-state index is -3.79. The van der Waals surface area contributed by atoms with E-state index in [1.165, 1.54) is 12.1 Å². The Morgan fingerprint density at radius 2 is 1.54 bits per heavy atom. The zero-order valence-corrected chi connectivity index (χ0v) is 22.9. The lowest BCUT2D eigenvalue weighted by Gasteiger charge is -2.14. The number of para-hydroxylation sites is 1. The largest absolute Gasteiger partial charge is 0.492 e. The van der Waals surface area contributed by atoms with Crippen LogP contribution in [-0.4, -0.2) is 20.9 Å². The Labute approximate surface area is 225 Å². The highest BCUT2D eigenvalue weighted by Gasteiger charge is 2.18. The summed E-state index contributed by atoms with van der Waals surface area (Å²) in [6.45, 7) is 4.13. The minimum absolute atomic E-state index is 0.0977. The van der Waals surface area contributed by atoms with Crippen LogP contribution in [0.3, 0.4) is 0 Å². The van der Waals surface area contributed by atoms with Crippen molar-refractivity contribution < 1.29 is 17.9 Å². The fraction of sp³-hybridized carbons (Fsp3) is 0.138. The number of ether oxygens (including phenoxy) is 1. The quantitative estimate of drug-likeness (QED) is 0.230. The van der Waals surface area contributed by atoms with Crippen molar-refractivity contribution >= 4 is 43.2 Å². The lowest BCUT2D eigenvalue weighted by molar-refractivity contribution is 0.102. The molecule has 0 atom stereocenters. The van der Waals surface area contributed by atoms with Gasteiger partial charge in [0.15, 0.2) is 0 Å². The van der Waals surface area contributed by atoms with Gasteiger partial charge in [-0.1, -0.05) is 64.5 Å². The summed E-state index contributed by atoms with van der Waals surface area (Å²) in [7, 11) is -3.79. The van der Waals surface area contributed by atoms with Gasteiger partial charge in [0.25, 0.3) is 15.9 Å². The predicted octanol–water partition coefficient (Wildman–Crippen LogP) is 6.74. The first-order valence-corrected chi connectivity index (χ1v) is 14.0. The summed E-state index contributed by atoms with van der Waals surface area (Å²) in [6, 6.07) is 26.9. The summed E-state index contributed by atoms with van der Waals surface area (Å²) in [5.74, 6) is 0.105. The van der Waals surface area contributed by atoms with Crippen LogP contribution in [0.5, 0.6) is 5.75 Å². The van der Waals surface area contributed by atoms with Gasteiger partial charge in [-0.25, -0.2) is 8.42 Å². The fourth-order valence-corrected chi connectivity index (χ4v) is 5.38. The normalized spacial score (nSPS) is 11.1. The number of amides is 1. The highest BCUT2D eigenvalue weighted by atomic mass is 79.9. The number of hydrogen-bond acceptors (Lipinski definition) is 4. The monoisotopic (exact) mass is 578 g/mol. The summed E-state index contributed by atoms with van der Waals surface area (Å²) < 4.78 is 35.2. The van der Waals surface area contributed by atoms with E-state index >= 15 is 0 Å². The number of halogens is 1. The number of benzene rings is 4. The molecule has 0 fully saturated rings. The highest BCUT2D eigenvalue weighted by molar-refractivity contribution is 9.10. The summed E-state index contributed by atoms with van der Waals surface area (Å²) in [5.41, 5.74) is 4.22. The molecule has 0 aliphatic carbocycles. The second-order valence-electron chi connectivity index (χ2n) is 8.58. The van der Waals surface area contributed by atoms with Gasteiger partial charge in [-0.3, -0.25) is 9.52 Å². The second kappa shape index (κ2) is 11.6. The van der Waals surface area contributed by atoms with Crippen LogP contribution in [0.25, 0.3) is 0 Å². The van der Waals surface area contributed by atoms with Crippen LogP contribution in [0, 0.1) is 13.8 Å². The smallest absolute Gasteiger partial charge is 0.261 e. The molecule has 4 aromatic carbocycles. The average Bonchev–Trinajstić information content (AvgIpc) is 2.88. The first kappa shape index (κ1) is 26.4. The van der Waals surface area contributed by atoms with Crippen molar-refractivity contribution in [3.8, 4) is 5.75 Å². The van der Waals surface area contributed by atoms with Crippen LogP contribution in [0.1, 0.15) is 27.0 Å². The van der Waals surface area contributed by atoms with Gasteiger partial charge < -0.3 is 10.1 Å². The number of carbonyl (C=O) groups is 1. The fourth-order valence-electron chi connectivity index (χ4n) is 3.81. The van der Waals surface area contributed by atoms with Crippen molar-refractivity contribution in [2.45, 2.75) is 25.2 Å². The average molecular weight is 580 g/mol. The number of hydrogen-bond donors (Lipinski definition) is 2. The maximum atomic E-state index is 13.1. The van der Waals surface area contributed by atoms with Crippen LogP contribution in [0.4, 0.5) is 11.4 Å². The van der Waals surface area contributed by atoms with Gasteiger partial charge in [-0.05, 0) is 73.0 Å². The number of sulfonamides is 1. The van der Waals surface area contributed by atoms with Gasteiger partial charge in [0.05, 0.1) is 22.8 Å². The van der Waals surface area contributed by atoms with Crippen LogP contribution in [0.15, 0.2) is 100 Å². The SMILES string of the molecule is Cc1cccc(C)c1NS(=O)(=O)c1ccc(NC(=O)c2cc(Br)ccc2OCCc2ccccc2)cc1. The molecule has 0 spiro atoms. The molecule has 0 heterocycles. The molecule has 0 aliphatic rings. The van der Waals surface area contributed by atoms with Gasteiger partial charge in [-0.2, -0.15) is 0 Å². The summed E-state index contributed by atoms with van der Waals surface area (Å²) >= 11 is 3.41. The Morgan fingerprint density at radius 1 is 0.865 bits per heavy atom. The van der Waals surface area contributed by atoms with E-state index in [4.69, 9.17) is 4.74 Å². The number of anilines is 2. The second-order valence-corrected chi connectivity index (χ2v) is 11.2.